The van der Waals surface area contributed by atoms with Gasteiger partial charge in [-0.05, 0) is 26.2 Å². The number of hydrogen-bond donors (Lipinski definition) is 1. The molecule has 0 spiro atoms. The Labute approximate surface area is 142 Å². The molecule has 1 atom stereocenters. The minimum atomic E-state index is -0.453. The zero-order chi connectivity index (χ0) is 15.8. The maximum absolute atomic E-state index is 11.8. The SMILES string of the molecule is CCOC(=O)c1csc(NC(=O)CCCCC2CCSS2)n1. The van der Waals surface area contributed by atoms with Crippen molar-refractivity contribution in [2.45, 2.75) is 44.3 Å². The van der Waals surface area contributed by atoms with Crippen LogP contribution in [0.15, 0.2) is 5.38 Å². The molecule has 0 radical (unpaired) electrons. The van der Waals surface area contributed by atoms with Crippen molar-refractivity contribution in [2.75, 3.05) is 17.7 Å². The summed E-state index contributed by atoms with van der Waals surface area (Å²) in [5, 5.41) is 5.56. The van der Waals surface area contributed by atoms with Crippen LogP contribution in [0.5, 0.6) is 0 Å². The van der Waals surface area contributed by atoms with Gasteiger partial charge in [0.1, 0.15) is 0 Å². The Bertz CT molecular complexity index is 501. The lowest BCUT2D eigenvalue weighted by molar-refractivity contribution is -0.116. The summed E-state index contributed by atoms with van der Waals surface area (Å²) >= 11 is 1.24. The summed E-state index contributed by atoms with van der Waals surface area (Å²) in [6, 6.07) is 0. The standard InChI is InChI=1S/C14H20N2O3S3/c1-2-19-13(18)11-9-20-14(15-11)16-12(17)6-4-3-5-10-7-8-21-22-10/h9-10H,2-8H2,1H3,(H,15,16,17). The molecule has 2 rings (SSSR count). The number of esters is 1. The summed E-state index contributed by atoms with van der Waals surface area (Å²) in [5.41, 5.74) is 0.248. The maximum atomic E-state index is 11.8. The number of rotatable bonds is 8. The van der Waals surface area contributed by atoms with Crippen molar-refractivity contribution < 1.29 is 14.3 Å². The lowest BCUT2D eigenvalue weighted by atomic mass is 10.1. The largest absolute Gasteiger partial charge is 0.461 e. The molecule has 1 amide bonds. The van der Waals surface area contributed by atoms with Crippen LogP contribution in [-0.2, 0) is 9.53 Å². The average Bonchev–Trinajstić information content (AvgIpc) is 3.15. The molecule has 0 bridgehead atoms. The van der Waals surface area contributed by atoms with Gasteiger partial charge < -0.3 is 10.1 Å². The first-order valence-corrected chi connectivity index (χ1v) is 10.7. The van der Waals surface area contributed by atoms with E-state index in [1.807, 2.05) is 21.6 Å². The molecule has 0 aliphatic carbocycles. The Balaban J connectivity index is 1.65. The third-order valence-corrected chi connectivity index (χ3v) is 6.91. The van der Waals surface area contributed by atoms with Crippen LogP contribution in [0.2, 0.25) is 0 Å². The number of carbonyl (C=O) groups is 2. The fourth-order valence-corrected chi connectivity index (χ4v) is 5.76. The van der Waals surface area contributed by atoms with Crippen LogP contribution in [0.3, 0.4) is 0 Å². The second-order valence-corrected chi connectivity index (χ2v) is 8.53. The van der Waals surface area contributed by atoms with Gasteiger partial charge in [0.15, 0.2) is 10.8 Å². The van der Waals surface area contributed by atoms with Crippen LogP contribution < -0.4 is 5.32 Å². The van der Waals surface area contributed by atoms with E-state index < -0.39 is 5.97 Å². The maximum Gasteiger partial charge on any atom is 0.357 e. The van der Waals surface area contributed by atoms with Gasteiger partial charge in [-0.1, -0.05) is 28.0 Å². The van der Waals surface area contributed by atoms with E-state index in [1.54, 1.807) is 12.3 Å². The molecule has 1 aliphatic heterocycles. The van der Waals surface area contributed by atoms with Crippen molar-refractivity contribution in [2.24, 2.45) is 0 Å². The topological polar surface area (TPSA) is 68.3 Å². The highest BCUT2D eigenvalue weighted by Crippen LogP contribution is 2.39. The Kier molecular flexibility index (Phi) is 7.54. The van der Waals surface area contributed by atoms with Crippen LogP contribution in [0.4, 0.5) is 5.13 Å². The number of carbonyl (C=O) groups excluding carboxylic acids is 2. The minimum absolute atomic E-state index is 0.0433. The third kappa shape index (κ3) is 5.81. The number of ether oxygens (including phenoxy) is 1. The quantitative estimate of drug-likeness (QED) is 0.430. The van der Waals surface area contributed by atoms with Crippen molar-refractivity contribution in [1.29, 1.82) is 0 Å². The monoisotopic (exact) mass is 360 g/mol. The van der Waals surface area contributed by atoms with Crippen LogP contribution in [0.25, 0.3) is 0 Å². The molecule has 1 aromatic heterocycles. The molecule has 8 heteroatoms. The van der Waals surface area contributed by atoms with Gasteiger partial charge >= 0.3 is 5.97 Å². The predicted molar refractivity (Wildman–Crippen MR) is 93.6 cm³/mol. The molecule has 1 saturated heterocycles. The van der Waals surface area contributed by atoms with Crippen molar-refractivity contribution in [3.05, 3.63) is 11.1 Å². The number of thiazole rings is 1. The zero-order valence-corrected chi connectivity index (χ0v) is 15.0. The van der Waals surface area contributed by atoms with E-state index in [4.69, 9.17) is 4.74 Å². The van der Waals surface area contributed by atoms with Gasteiger partial charge in [-0.3, -0.25) is 4.79 Å². The van der Waals surface area contributed by atoms with E-state index in [1.165, 1.54) is 29.9 Å². The van der Waals surface area contributed by atoms with E-state index in [0.29, 0.717) is 18.2 Å². The molecule has 1 aromatic rings. The Morgan fingerprint density at radius 1 is 1.45 bits per heavy atom. The van der Waals surface area contributed by atoms with Crippen molar-refractivity contribution in [3.63, 3.8) is 0 Å². The number of unbranched alkanes of at least 4 members (excludes halogenated alkanes) is 1. The number of anilines is 1. The fourth-order valence-electron chi connectivity index (χ4n) is 2.03. The number of hydrogen-bond acceptors (Lipinski definition) is 7. The van der Waals surface area contributed by atoms with Crippen LogP contribution >= 0.6 is 32.9 Å². The normalized spacial score (nSPS) is 17.4. The predicted octanol–water partition coefficient (Wildman–Crippen LogP) is 3.97. The van der Waals surface area contributed by atoms with E-state index in [-0.39, 0.29) is 11.6 Å². The van der Waals surface area contributed by atoms with Gasteiger partial charge in [-0.25, -0.2) is 9.78 Å². The molecule has 1 unspecified atom stereocenters. The molecule has 1 aliphatic rings. The first-order chi connectivity index (χ1) is 10.7. The summed E-state index contributed by atoms with van der Waals surface area (Å²) in [6.45, 7) is 2.06. The van der Waals surface area contributed by atoms with Gasteiger partial charge in [0, 0.05) is 22.8 Å². The van der Waals surface area contributed by atoms with Gasteiger partial charge in [0.2, 0.25) is 5.91 Å². The molecule has 0 aromatic carbocycles. The Hall–Kier alpha value is -0.730. The third-order valence-electron chi connectivity index (χ3n) is 3.14. The highest BCUT2D eigenvalue weighted by molar-refractivity contribution is 8.77. The summed E-state index contributed by atoms with van der Waals surface area (Å²) in [6.07, 6.45) is 4.95. The Morgan fingerprint density at radius 3 is 3.05 bits per heavy atom. The molecule has 2 heterocycles. The first-order valence-electron chi connectivity index (χ1n) is 7.39. The molecule has 5 nitrogen and oxygen atoms in total. The molecule has 122 valence electrons. The Morgan fingerprint density at radius 2 is 2.32 bits per heavy atom. The van der Waals surface area contributed by atoms with E-state index in [2.05, 4.69) is 10.3 Å². The first kappa shape index (κ1) is 17.6. The minimum Gasteiger partial charge on any atom is -0.461 e. The highest BCUT2D eigenvalue weighted by Gasteiger charge is 2.16. The second kappa shape index (κ2) is 9.42. The smallest absolute Gasteiger partial charge is 0.357 e. The number of aromatic nitrogens is 1. The lowest BCUT2D eigenvalue weighted by Gasteiger charge is -2.06. The summed E-state index contributed by atoms with van der Waals surface area (Å²) in [5.74, 6) is 0.757. The number of nitrogens with one attached hydrogen (secondary N) is 1. The number of nitrogens with zero attached hydrogens (tertiary/aromatic N) is 1. The summed E-state index contributed by atoms with van der Waals surface area (Å²) in [4.78, 5) is 27.4. The molecular weight excluding hydrogens is 340 g/mol. The molecule has 1 fully saturated rings. The van der Waals surface area contributed by atoms with Gasteiger partial charge in [0.05, 0.1) is 6.61 Å². The van der Waals surface area contributed by atoms with E-state index in [9.17, 15) is 9.59 Å². The lowest BCUT2D eigenvalue weighted by Crippen LogP contribution is -2.12. The fraction of sp³-hybridized carbons (Fsp3) is 0.643. The average molecular weight is 361 g/mol. The zero-order valence-electron chi connectivity index (χ0n) is 12.5. The molecule has 22 heavy (non-hydrogen) atoms. The van der Waals surface area contributed by atoms with Crippen LogP contribution in [0, 0.1) is 0 Å². The summed E-state index contributed by atoms with van der Waals surface area (Å²) < 4.78 is 4.86. The van der Waals surface area contributed by atoms with Crippen molar-refractivity contribution >= 4 is 49.9 Å². The molecular formula is C14H20N2O3S3. The van der Waals surface area contributed by atoms with Crippen LogP contribution in [-0.4, -0.2) is 34.5 Å². The highest BCUT2D eigenvalue weighted by atomic mass is 33.1. The van der Waals surface area contributed by atoms with Gasteiger partial charge in [0.25, 0.3) is 0 Å². The van der Waals surface area contributed by atoms with Gasteiger partial charge in [-0.2, -0.15) is 0 Å². The molecule has 0 saturated carbocycles. The molecule has 1 N–H and O–H groups in total. The summed E-state index contributed by atoms with van der Waals surface area (Å²) in [7, 11) is 3.93. The second-order valence-electron chi connectivity index (χ2n) is 4.88. The van der Waals surface area contributed by atoms with Crippen LogP contribution in [0.1, 0.15) is 49.5 Å². The van der Waals surface area contributed by atoms with E-state index in [0.717, 1.165) is 18.1 Å². The van der Waals surface area contributed by atoms with Gasteiger partial charge in [-0.15, -0.1) is 11.3 Å². The van der Waals surface area contributed by atoms with E-state index >= 15 is 0 Å². The van der Waals surface area contributed by atoms with Crippen molar-refractivity contribution in [3.8, 4) is 0 Å². The van der Waals surface area contributed by atoms with Crippen molar-refractivity contribution in [1.82, 2.24) is 4.98 Å². The number of amides is 1.